The summed E-state index contributed by atoms with van der Waals surface area (Å²) in [5.74, 6) is 1.98. The van der Waals surface area contributed by atoms with Crippen LogP contribution in [0, 0.1) is 5.92 Å². The summed E-state index contributed by atoms with van der Waals surface area (Å²) in [5, 5.41) is 4.06. The van der Waals surface area contributed by atoms with Crippen molar-refractivity contribution >= 4 is 5.91 Å². The van der Waals surface area contributed by atoms with Crippen LogP contribution < -0.4 is 0 Å². The van der Waals surface area contributed by atoms with Gasteiger partial charge in [0.05, 0.1) is 25.2 Å². The summed E-state index contributed by atoms with van der Waals surface area (Å²) in [7, 11) is 0. The van der Waals surface area contributed by atoms with Crippen LogP contribution in [0.3, 0.4) is 0 Å². The number of piperidine rings is 1. The zero-order valence-electron chi connectivity index (χ0n) is 14.9. The summed E-state index contributed by atoms with van der Waals surface area (Å²) in [4.78, 5) is 21.5. The van der Waals surface area contributed by atoms with Gasteiger partial charge in [0.25, 0.3) is 0 Å². The predicted octanol–water partition coefficient (Wildman–Crippen LogP) is 1.82. The molecule has 0 saturated carbocycles. The third-order valence-corrected chi connectivity index (χ3v) is 5.00. The third-order valence-electron chi connectivity index (χ3n) is 5.00. The molecule has 1 aromatic rings. The summed E-state index contributed by atoms with van der Waals surface area (Å²) < 4.78 is 10.8. The molecule has 1 aromatic heterocycles. The molecule has 7 heteroatoms. The van der Waals surface area contributed by atoms with Crippen molar-refractivity contribution in [2.24, 2.45) is 5.92 Å². The largest absolute Gasteiger partial charge is 0.378 e. The van der Waals surface area contributed by atoms with Gasteiger partial charge in [-0.2, -0.15) is 4.98 Å². The van der Waals surface area contributed by atoms with E-state index in [1.807, 2.05) is 4.90 Å². The number of ether oxygens (including phenoxy) is 1. The smallest absolute Gasteiger partial charge is 0.243 e. The molecule has 0 N–H and O–H groups in total. The first kappa shape index (κ1) is 17.4. The van der Waals surface area contributed by atoms with Crippen LogP contribution in [0.15, 0.2) is 4.52 Å². The molecule has 3 rings (SSSR count). The molecule has 2 atom stereocenters. The summed E-state index contributed by atoms with van der Waals surface area (Å²) in [6.07, 6.45) is 1.98. The fraction of sp³-hybridized carbons (Fsp3) is 0.824. The number of aromatic nitrogens is 2. The Balaban J connectivity index is 1.62. The Morgan fingerprint density at radius 2 is 1.96 bits per heavy atom. The maximum atomic E-state index is 12.7. The second-order valence-corrected chi connectivity index (χ2v) is 7.09. The number of carbonyl (C=O) groups excluding carboxylic acids is 1. The number of nitrogens with zero attached hydrogens (tertiary/aromatic N) is 4. The molecule has 2 aliphatic rings. The van der Waals surface area contributed by atoms with Crippen LogP contribution in [0.2, 0.25) is 0 Å². The molecule has 0 aromatic carbocycles. The molecule has 24 heavy (non-hydrogen) atoms. The number of likely N-dealkylation sites (tertiary alicyclic amines) is 1. The molecule has 0 spiro atoms. The predicted molar refractivity (Wildman–Crippen MR) is 88.5 cm³/mol. The van der Waals surface area contributed by atoms with Crippen LogP contribution in [0.5, 0.6) is 0 Å². The van der Waals surface area contributed by atoms with E-state index in [-0.39, 0.29) is 23.8 Å². The minimum Gasteiger partial charge on any atom is -0.378 e. The van der Waals surface area contributed by atoms with Crippen LogP contribution in [-0.4, -0.2) is 65.2 Å². The molecule has 2 saturated heterocycles. The van der Waals surface area contributed by atoms with E-state index in [1.165, 1.54) is 0 Å². The van der Waals surface area contributed by atoms with Gasteiger partial charge in [0, 0.05) is 25.6 Å². The topological polar surface area (TPSA) is 71.7 Å². The van der Waals surface area contributed by atoms with Gasteiger partial charge < -0.3 is 14.2 Å². The van der Waals surface area contributed by atoms with Crippen LogP contribution in [-0.2, 0) is 9.53 Å². The number of amides is 1. The van der Waals surface area contributed by atoms with E-state index in [1.54, 1.807) is 0 Å². The minimum atomic E-state index is 0.0466. The maximum absolute atomic E-state index is 12.7. The zero-order valence-corrected chi connectivity index (χ0v) is 14.9. The number of rotatable bonds is 4. The van der Waals surface area contributed by atoms with Gasteiger partial charge in [-0.15, -0.1) is 0 Å². The van der Waals surface area contributed by atoms with Crippen molar-refractivity contribution in [1.82, 2.24) is 19.9 Å². The Morgan fingerprint density at radius 1 is 1.21 bits per heavy atom. The van der Waals surface area contributed by atoms with Crippen molar-refractivity contribution in [1.29, 1.82) is 0 Å². The first-order valence-corrected chi connectivity index (χ1v) is 9.00. The Hall–Kier alpha value is -1.47. The highest BCUT2D eigenvalue weighted by Gasteiger charge is 2.33. The number of hydrogen-bond donors (Lipinski definition) is 0. The molecule has 0 unspecified atom stereocenters. The van der Waals surface area contributed by atoms with Gasteiger partial charge in [0.2, 0.25) is 11.8 Å². The van der Waals surface area contributed by atoms with E-state index in [4.69, 9.17) is 9.26 Å². The summed E-state index contributed by atoms with van der Waals surface area (Å²) >= 11 is 0. The molecular formula is C17H28N4O3. The highest BCUT2D eigenvalue weighted by Crippen LogP contribution is 2.27. The van der Waals surface area contributed by atoms with Crippen molar-refractivity contribution in [3.63, 3.8) is 0 Å². The van der Waals surface area contributed by atoms with Crippen LogP contribution in [0.4, 0.5) is 0 Å². The highest BCUT2D eigenvalue weighted by molar-refractivity contribution is 5.79. The molecule has 2 fully saturated rings. The van der Waals surface area contributed by atoms with Crippen molar-refractivity contribution in [3.05, 3.63) is 11.7 Å². The third kappa shape index (κ3) is 3.78. The van der Waals surface area contributed by atoms with Crippen LogP contribution >= 0.6 is 0 Å². The Bertz CT molecular complexity index is 554. The number of morpholine rings is 1. The molecule has 3 heterocycles. The summed E-state index contributed by atoms with van der Waals surface area (Å²) in [5.41, 5.74) is 0. The highest BCUT2D eigenvalue weighted by atomic mass is 16.5. The summed E-state index contributed by atoms with van der Waals surface area (Å²) in [6.45, 7) is 10.6. The zero-order chi connectivity index (χ0) is 17.1. The van der Waals surface area contributed by atoms with Gasteiger partial charge in [-0.1, -0.05) is 19.0 Å². The Morgan fingerprint density at radius 3 is 2.62 bits per heavy atom. The van der Waals surface area contributed by atoms with E-state index in [0.29, 0.717) is 32.2 Å². The molecule has 0 radical (unpaired) electrons. The molecule has 1 amide bonds. The summed E-state index contributed by atoms with van der Waals surface area (Å²) in [6, 6.07) is 0.0466. The van der Waals surface area contributed by atoms with Gasteiger partial charge in [-0.3, -0.25) is 9.69 Å². The molecule has 7 nitrogen and oxygen atoms in total. The SMILES string of the molecule is CC(C)c1noc([C@@H](C)N2CCC[C@@H](C(=O)N3CCOCC3)C2)n1. The van der Waals surface area contributed by atoms with E-state index in [9.17, 15) is 4.79 Å². The molecule has 2 aliphatic heterocycles. The van der Waals surface area contributed by atoms with Crippen LogP contribution in [0.25, 0.3) is 0 Å². The second-order valence-electron chi connectivity index (χ2n) is 7.09. The Labute approximate surface area is 143 Å². The molecule has 0 bridgehead atoms. The van der Waals surface area contributed by atoms with Gasteiger partial charge in [0.15, 0.2) is 5.82 Å². The fourth-order valence-corrected chi connectivity index (χ4v) is 3.41. The lowest BCUT2D eigenvalue weighted by Gasteiger charge is -2.37. The standard InChI is InChI=1S/C17H28N4O3/c1-12(2)15-18-16(24-19-15)13(3)21-6-4-5-14(11-21)17(22)20-7-9-23-10-8-20/h12-14H,4-11H2,1-3H3/t13-,14-/m1/s1. The van der Waals surface area contributed by atoms with Crippen molar-refractivity contribution in [2.75, 3.05) is 39.4 Å². The van der Waals surface area contributed by atoms with Gasteiger partial charge >= 0.3 is 0 Å². The first-order valence-electron chi connectivity index (χ1n) is 9.00. The quantitative estimate of drug-likeness (QED) is 0.835. The number of hydrogen-bond acceptors (Lipinski definition) is 6. The monoisotopic (exact) mass is 336 g/mol. The number of carbonyl (C=O) groups is 1. The minimum absolute atomic E-state index is 0.0466. The van der Waals surface area contributed by atoms with E-state index in [0.717, 1.165) is 31.8 Å². The van der Waals surface area contributed by atoms with Crippen LogP contribution in [0.1, 0.15) is 57.3 Å². The van der Waals surface area contributed by atoms with E-state index >= 15 is 0 Å². The van der Waals surface area contributed by atoms with E-state index < -0.39 is 0 Å². The van der Waals surface area contributed by atoms with Crippen molar-refractivity contribution in [3.8, 4) is 0 Å². The van der Waals surface area contributed by atoms with Gasteiger partial charge in [-0.25, -0.2) is 0 Å². The van der Waals surface area contributed by atoms with Gasteiger partial charge in [-0.05, 0) is 26.3 Å². The molecule has 134 valence electrons. The lowest BCUT2D eigenvalue weighted by Crippen LogP contribution is -2.48. The van der Waals surface area contributed by atoms with Gasteiger partial charge in [0.1, 0.15) is 0 Å². The maximum Gasteiger partial charge on any atom is 0.243 e. The van der Waals surface area contributed by atoms with Crippen molar-refractivity contribution in [2.45, 2.75) is 45.6 Å². The lowest BCUT2D eigenvalue weighted by molar-refractivity contribution is -0.141. The normalized spacial score (nSPS) is 24.3. The average molecular weight is 336 g/mol. The molecular weight excluding hydrogens is 308 g/mol. The molecule has 0 aliphatic carbocycles. The fourth-order valence-electron chi connectivity index (χ4n) is 3.41. The van der Waals surface area contributed by atoms with Crippen molar-refractivity contribution < 1.29 is 14.1 Å². The average Bonchev–Trinajstić information content (AvgIpc) is 3.12. The lowest BCUT2D eigenvalue weighted by atomic mass is 9.95. The van der Waals surface area contributed by atoms with E-state index in [2.05, 4.69) is 35.8 Å². The first-order chi connectivity index (χ1) is 11.6. The Kier molecular flexibility index (Phi) is 5.50. The second kappa shape index (κ2) is 7.61.